The van der Waals surface area contributed by atoms with Crippen LogP contribution in [0.25, 0.3) is 0 Å². The maximum absolute atomic E-state index is 12.2. The SMILES string of the molecule is CC(C)N1C(=O)CCCC(N)C1c1ccsc1. The fourth-order valence-corrected chi connectivity index (χ4v) is 3.29. The van der Waals surface area contributed by atoms with Gasteiger partial charge in [-0.1, -0.05) is 0 Å². The molecule has 2 heterocycles. The Morgan fingerprint density at radius 1 is 1.53 bits per heavy atom. The van der Waals surface area contributed by atoms with Crippen LogP contribution in [0.3, 0.4) is 0 Å². The van der Waals surface area contributed by atoms with Crippen molar-refractivity contribution in [2.24, 2.45) is 5.73 Å². The summed E-state index contributed by atoms with van der Waals surface area (Å²) in [5, 5.41) is 4.16. The van der Waals surface area contributed by atoms with Crippen LogP contribution < -0.4 is 5.73 Å². The highest BCUT2D eigenvalue weighted by molar-refractivity contribution is 7.08. The highest BCUT2D eigenvalue weighted by Gasteiger charge is 2.34. The molecule has 2 N–H and O–H groups in total. The average molecular weight is 252 g/mol. The molecule has 0 aliphatic carbocycles. The lowest BCUT2D eigenvalue weighted by Gasteiger charge is -2.36. The quantitative estimate of drug-likeness (QED) is 0.879. The Balaban J connectivity index is 2.36. The van der Waals surface area contributed by atoms with Gasteiger partial charge < -0.3 is 10.6 Å². The molecule has 0 saturated carbocycles. The number of amides is 1. The van der Waals surface area contributed by atoms with Gasteiger partial charge in [0.15, 0.2) is 0 Å². The van der Waals surface area contributed by atoms with E-state index in [0.29, 0.717) is 6.42 Å². The first-order chi connectivity index (χ1) is 8.11. The van der Waals surface area contributed by atoms with E-state index in [1.165, 1.54) is 5.56 Å². The highest BCUT2D eigenvalue weighted by atomic mass is 32.1. The maximum Gasteiger partial charge on any atom is 0.223 e. The second kappa shape index (κ2) is 5.19. The Hall–Kier alpha value is -0.870. The maximum atomic E-state index is 12.2. The molecule has 2 rings (SSSR count). The van der Waals surface area contributed by atoms with Gasteiger partial charge in [0, 0.05) is 18.5 Å². The minimum atomic E-state index is 0.0521. The third-order valence-corrected chi connectivity index (χ3v) is 4.06. The minimum absolute atomic E-state index is 0.0521. The molecule has 1 saturated heterocycles. The van der Waals surface area contributed by atoms with E-state index in [9.17, 15) is 4.79 Å². The Bertz CT molecular complexity index is 375. The van der Waals surface area contributed by atoms with Gasteiger partial charge in [-0.05, 0) is 49.1 Å². The lowest BCUT2D eigenvalue weighted by Crippen LogP contribution is -2.45. The summed E-state index contributed by atoms with van der Waals surface area (Å²) in [5.74, 6) is 0.240. The average Bonchev–Trinajstić information content (AvgIpc) is 2.72. The molecule has 0 bridgehead atoms. The van der Waals surface area contributed by atoms with Crippen molar-refractivity contribution in [3.8, 4) is 0 Å². The van der Waals surface area contributed by atoms with E-state index in [2.05, 4.69) is 30.7 Å². The largest absolute Gasteiger partial charge is 0.332 e. The number of nitrogens with zero attached hydrogens (tertiary/aromatic N) is 1. The molecule has 17 heavy (non-hydrogen) atoms. The van der Waals surface area contributed by atoms with Gasteiger partial charge in [0.1, 0.15) is 0 Å². The van der Waals surface area contributed by atoms with Gasteiger partial charge >= 0.3 is 0 Å². The van der Waals surface area contributed by atoms with Crippen molar-refractivity contribution in [1.29, 1.82) is 0 Å². The molecule has 0 aromatic carbocycles. The van der Waals surface area contributed by atoms with E-state index in [1.807, 2.05) is 4.90 Å². The fraction of sp³-hybridized carbons (Fsp3) is 0.615. The van der Waals surface area contributed by atoms with Gasteiger partial charge in [-0.3, -0.25) is 4.79 Å². The van der Waals surface area contributed by atoms with Crippen molar-refractivity contribution in [2.75, 3.05) is 0 Å². The van der Waals surface area contributed by atoms with E-state index in [0.717, 1.165) is 12.8 Å². The van der Waals surface area contributed by atoms with Crippen molar-refractivity contribution in [2.45, 2.75) is 51.2 Å². The molecule has 2 atom stereocenters. The smallest absolute Gasteiger partial charge is 0.223 e. The molecule has 4 heteroatoms. The van der Waals surface area contributed by atoms with E-state index >= 15 is 0 Å². The summed E-state index contributed by atoms with van der Waals surface area (Å²) < 4.78 is 0. The van der Waals surface area contributed by atoms with Gasteiger partial charge in [-0.25, -0.2) is 0 Å². The second-order valence-corrected chi connectivity index (χ2v) is 5.73. The van der Waals surface area contributed by atoms with Crippen LogP contribution in [0.2, 0.25) is 0 Å². The number of likely N-dealkylation sites (tertiary alicyclic amines) is 1. The van der Waals surface area contributed by atoms with E-state index in [-0.39, 0.29) is 24.0 Å². The molecule has 94 valence electrons. The van der Waals surface area contributed by atoms with Crippen LogP contribution in [0.5, 0.6) is 0 Å². The zero-order chi connectivity index (χ0) is 12.4. The summed E-state index contributed by atoms with van der Waals surface area (Å²) in [7, 11) is 0. The summed E-state index contributed by atoms with van der Waals surface area (Å²) in [5.41, 5.74) is 7.46. The van der Waals surface area contributed by atoms with Crippen LogP contribution in [0.15, 0.2) is 16.8 Å². The summed E-state index contributed by atoms with van der Waals surface area (Å²) in [6, 6.07) is 2.40. The van der Waals surface area contributed by atoms with Crippen molar-refractivity contribution in [1.82, 2.24) is 4.90 Å². The molecular weight excluding hydrogens is 232 g/mol. The van der Waals surface area contributed by atoms with Crippen LogP contribution in [-0.4, -0.2) is 22.9 Å². The first-order valence-electron chi connectivity index (χ1n) is 6.20. The molecule has 1 aromatic heterocycles. The van der Waals surface area contributed by atoms with Gasteiger partial charge in [-0.15, -0.1) is 0 Å². The van der Waals surface area contributed by atoms with Crippen molar-refractivity contribution in [3.05, 3.63) is 22.4 Å². The first-order valence-corrected chi connectivity index (χ1v) is 7.14. The number of rotatable bonds is 2. The highest BCUT2D eigenvalue weighted by Crippen LogP contribution is 2.32. The number of hydrogen-bond donors (Lipinski definition) is 1. The zero-order valence-electron chi connectivity index (χ0n) is 10.4. The number of nitrogens with two attached hydrogens (primary N) is 1. The third kappa shape index (κ3) is 2.53. The molecule has 1 aliphatic heterocycles. The van der Waals surface area contributed by atoms with Crippen molar-refractivity contribution in [3.63, 3.8) is 0 Å². The summed E-state index contributed by atoms with van der Waals surface area (Å²) in [6.45, 7) is 4.13. The number of carbonyl (C=O) groups excluding carboxylic acids is 1. The molecule has 2 unspecified atom stereocenters. The Labute approximate surface area is 107 Å². The number of thiophene rings is 1. The summed E-state index contributed by atoms with van der Waals surface area (Å²) in [6.07, 6.45) is 2.46. The number of hydrogen-bond acceptors (Lipinski definition) is 3. The van der Waals surface area contributed by atoms with E-state index < -0.39 is 0 Å². The van der Waals surface area contributed by atoms with Crippen LogP contribution in [0.1, 0.15) is 44.7 Å². The Morgan fingerprint density at radius 2 is 2.29 bits per heavy atom. The molecule has 1 amide bonds. The standard InChI is InChI=1S/C13H20N2OS/c1-9(2)15-12(16)5-3-4-11(14)13(15)10-6-7-17-8-10/h6-9,11,13H,3-5,14H2,1-2H3. The molecular formula is C13H20N2OS. The first kappa shape index (κ1) is 12.6. The Morgan fingerprint density at radius 3 is 2.88 bits per heavy atom. The van der Waals surface area contributed by atoms with Crippen molar-refractivity contribution < 1.29 is 4.79 Å². The van der Waals surface area contributed by atoms with E-state index in [4.69, 9.17) is 5.73 Å². The summed E-state index contributed by atoms with van der Waals surface area (Å²) in [4.78, 5) is 14.2. The van der Waals surface area contributed by atoms with Crippen LogP contribution in [-0.2, 0) is 4.79 Å². The van der Waals surface area contributed by atoms with Gasteiger partial charge in [0.25, 0.3) is 0 Å². The van der Waals surface area contributed by atoms with Crippen LogP contribution >= 0.6 is 11.3 Å². The topological polar surface area (TPSA) is 46.3 Å². The molecule has 3 nitrogen and oxygen atoms in total. The van der Waals surface area contributed by atoms with Gasteiger partial charge in [0.05, 0.1) is 6.04 Å². The molecule has 1 fully saturated rings. The van der Waals surface area contributed by atoms with Crippen LogP contribution in [0, 0.1) is 0 Å². The molecule has 1 aliphatic rings. The second-order valence-electron chi connectivity index (χ2n) is 4.95. The lowest BCUT2D eigenvalue weighted by atomic mass is 9.98. The minimum Gasteiger partial charge on any atom is -0.332 e. The van der Waals surface area contributed by atoms with Crippen molar-refractivity contribution >= 4 is 17.2 Å². The predicted octanol–water partition coefficient (Wildman–Crippen LogP) is 2.54. The molecule has 0 radical (unpaired) electrons. The van der Waals surface area contributed by atoms with Gasteiger partial charge in [-0.2, -0.15) is 11.3 Å². The Kier molecular flexibility index (Phi) is 3.84. The molecule has 0 spiro atoms. The monoisotopic (exact) mass is 252 g/mol. The lowest BCUT2D eigenvalue weighted by molar-refractivity contribution is -0.135. The molecule has 1 aromatic rings. The zero-order valence-corrected chi connectivity index (χ0v) is 11.2. The van der Waals surface area contributed by atoms with Gasteiger partial charge in [0.2, 0.25) is 5.91 Å². The van der Waals surface area contributed by atoms with E-state index in [1.54, 1.807) is 11.3 Å². The van der Waals surface area contributed by atoms with Crippen LogP contribution in [0.4, 0.5) is 0 Å². The third-order valence-electron chi connectivity index (χ3n) is 3.36. The predicted molar refractivity (Wildman–Crippen MR) is 70.9 cm³/mol. The fourth-order valence-electron chi connectivity index (χ4n) is 2.60. The summed E-state index contributed by atoms with van der Waals surface area (Å²) >= 11 is 1.66. The number of carbonyl (C=O) groups is 1. The normalized spacial score (nSPS) is 26.4.